The Morgan fingerprint density at radius 1 is 0.818 bits per heavy atom. The van der Waals surface area contributed by atoms with Gasteiger partial charge in [0.05, 0.1) is 6.61 Å². The molecule has 0 saturated heterocycles. The minimum atomic E-state index is -0.694. The van der Waals surface area contributed by atoms with Crippen LogP contribution in [0.2, 0.25) is 0 Å². The van der Waals surface area contributed by atoms with Gasteiger partial charge in [0, 0.05) is 12.8 Å². The van der Waals surface area contributed by atoms with Gasteiger partial charge in [0.2, 0.25) is 0 Å². The molecule has 0 saturated carbocycles. The molecule has 0 fully saturated rings. The zero-order valence-corrected chi connectivity index (χ0v) is 15.0. The normalized spacial score (nSPS) is 10.7. The Hall–Kier alpha value is -0.480. The van der Waals surface area contributed by atoms with Crippen molar-refractivity contribution in [2.75, 3.05) is 13.2 Å². The molecular weight excluding hydrogens is 327 g/mol. The molecule has 0 N–H and O–H groups in total. The molecule has 0 spiro atoms. The molecule has 0 rings (SSSR count). The quantitative estimate of drug-likeness (QED) is 0.255. The van der Waals surface area contributed by atoms with Crippen LogP contribution in [-0.2, 0) is 19.1 Å². The fourth-order valence-corrected chi connectivity index (χ4v) is 2.03. The molecule has 0 aliphatic heterocycles. The lowest BCUT2D eigenvalue weighted by Gasteiger charge is -2.06. The Morgan fingerprint density at radius 2 is 1.36 bits per heavy atom. The summed E-state index contributed by atoms with van der Waals surface area (Å²) in [5.74, 6) is -0.532. The van der Waals surface area contributed by atoms with Crippen LogP contribution in [0.1, 0.15) is 71.1 Å². The highest BCUT2D eigenvalue weighted by Gasteiger charge is 2.07. The molecular formula is C16H28Cl2O4. The van der Waals surface area contributed by atoms with Gasteiger partial charge in [-0.2, -0.15) is 0 Å². The molecule has 130 valence electrons. The number of ether oxygens (including phenoxy) is 2. The minimum absolute atomic E-state index is 0.00222. The van der Waals surface area contributed by atoms with Gasteiger partial charge in [-0.3, -0.25) is 9.59 Å². The molecule has 0 bridgehead atoms. The van der Waals surface area contributed by atoms with Crippen LogP contribution in [0, 0.1) is 0 Å². The van der Waals surface area contributed by atoms with E-state index < -0.39 is 4.84 Å². The second-order valence-corrected chi connectivity index (χ2v) is 6.55. The van der Waals surface area contributed by atoms with E-state index in [0.717, 1.165) is 12.8 Å². The first-order chi connectivity index (χ1) is 10.6. The highest BCUT2D eigenvalue weighted by Crippen LogP contribution is 2.07. The van der Waals surface area contributed by atoms with E-state index in [-0.39, 0.29) is 25.0 Å². The Morgan fingerprint density at radius 3 is 1.95 bits per heavy atom. The first kappa shape index (κ1) is 21.5. The van der Waals surface area contributed by atoms with Gasteiger partial charge >= 0.3 is 11.9 Å². The monoisotopic (exact) mass is 354 g/mol. The topological polar surface area (TPSA) is 52.6 Å². The number of esters is 2. The van der Waals surface area contributed by atoms with E-state index in [4.69, 9.17) is 32.7 Å². The molecule has 6 heteroatoms. The van der Waals surface area contributed by atoms with Crippen LogP contribution in [0.25, 0.3) is 0 Å². The molecule has 0 aromatic rings. The number of alkyl halides is 2. The van der Waals surface area contributed by atoms with Crippen LogP contribution in [0.3, 0.4) is 0 Å². The summed E-state index contributed by atoms with van der Waals surface area (Å²) >= 11 is 10.9. The third-order valence-electron chi connectivity index (χ3n) is 3.14. The number of carbonyl (C=O) groups is 2. The van der Waals surface area contributed by atoms with Crippen molar-refractivity contribution in [1.82, 2.24) is 0 Å². The zero-order valence-electron chi connectivity index (χ0n) is 13.5. The molecule has 0 aliphatic rings. The largest absolute Gasteiger partial charge is 0.466 e. The average Bonchev–Trinajstić information content (AvgIpc) is 2.48. The molecule has 0 aromatic carbocycles. The predicted molar refractivity (Wildman–Crippen MR) is 89.3 cm³/mol. The van der Waals surface area contributed by atoms with E-state index in [2.05, 4.69) is 6.92 Å². The first-order valence-electron chi connectivity index (χ1n) is 8.15. The van der Waals surface area contributed by atoms with Gasteiger partial charge in [-0.15, -0.1) is 23.2 Å². The Labute approximate surface area is 143 Å². The van der Waals surface area contributed by atoms with Gasteiger partial charge in [-0.1, -0.05) is 39.0 Å². The van der Waals surface area contributed by atoms with Gasteiger partial charge < -0.3 is 9.47 Å². The van der Waals surface area contributed by atoms with E-state index in [1.165, 1.54) is 25.7 Å². The van der Waals surface area contributed by atoms with Gasteiger partial charge in [0.1, 0.15) is 11.4 Å². The minimum Gasteiger partial charge on any atom is -0.466 e. The Bertz CT molecular complexity index is 296. The number of carbonyl (C=O) groups excluding carboxylic acids is 2. The van der Waals surface area contributed by atoms with E-state index in [9.17, 15) is 9.59 Å². The van der Waals surface area contributed by atoms with Crippen LogP contribution in [0.5, 0.6) is 0 Å². The summed E-state index contributed by atoms with van der Waals surface area (Å²) in [7, 11) is 0. The predicted octanol–water partition coefficient (Wildman–Crippen LogP) is 4.80. The summed E-state index contributed by atoms with van der Waals surface area (Å²) < 4.78 is 9.96. The lowest BCUT2D eigenvalue weighted by molar-refractivity contribution is -0.145. The molecule has 0 unspecified atom stereocenters. The van der Waals surface area contributed by atoms with Crippen molar-refractivity contribution in [2.24, 2.45) is 0 Å². The van der Waals surface area contributed by atoms with Crippen LogP contribution in [-0.4, -0.2) is 30.0 Å². The summed E-state index contributed by atoms with van der Waals surface area (Å²) in [5.41, 5.74) is 0. The third-order valence-corrected chi connectivity index (χ3v) is 3.40. The number of halogens is 2. The molecule has 0 aromatic heterocycles. The maximum atomic E-state index is 11.5. The SMILES string of the molecule is CCCCCCCCOC(=O)CCCCC(=O)OCC(Cl)Cl. The number of unbranched alkanes of at least 4 members (excludes halogenated alkanes) is 6. The van der Waals surface area contributed by atoms with Crippen molar-refractivity contribution in [1.29, 1.82) is 0 Å². The second-order valence-electron chi connectivity index (χ2n) is 5.27. The molecule has 0 atom stereocenters. The maximum Gasteiger partial charge on any atom is 0.305 e. The van der Waals surface area contributed by atoms with E-state index in [0.29, 0.717) is 25.9 Å². The molecule has 0 heterocycles. The zero-order chi connectivity index (χ0) is 16.6. The van der Waals surface area contributed by atoms with Crippen molar-refractivity contribution in [3.05, 3.63) is 0 Å². The summed E-state index contributed by atoms with van der Waals surface area (Å²) in [6, 6.07) is 0. The van der Waals surface area contributed by atoms with Crippen molar-refractivity contribution in [2.45, 2.75) is 76.0 Å². The number of hydrogen-bond donors (Lipinski definition) is 0. The summed E-state index contributed by atoms with van der Waals surface area (Å²) in [4.78, 5) is 22.0. The molecule has 22 heavy (non-hydrogen) atoms. The van der Waals surface area contributed by atoms with Gasteiger partial charge in [0.15, 0.2) is 0 Å². The van der Waals surface area contributed by atoms with E-state index >= 15 is 0 Å². The van der Waals surface area contributed by atoms with Crippen LogP contribution in [0.4, 0.5) is 0 Å². The Kier molecular flexibility index (Phi) is 15.1. The highest BCUT2D eigenvalue weighted by molar-refractivity contribution is 6.44. The second kappa shape index (κ2) is 15.4. The molecule has 0 aliphatic carbocycles. The summed E-state index contributed by atoms with van der Waals surface area (Å²) in [5, 5.41) is 0. The Balaban J connectivity index is 3.34. The molecule has 0 radical (unpaired) electrons. The lowest BCUT2D eigenvalue weighted by atomic mass is 10.1. The van der Waals surface area contributed by atoms with Gasteiger partial charge in [-0.25, -0.2) is 0 Å². The highest BCUT2D eigenvalue weighted by atomic mass is 35.5. The average molecular weight is 355 g/mol. The number of rotatable bonds is 14. The fraction of sp³-hybridized carbons (Fsp3) is 0.875. The van der Waals surface area contributed by atoms with Crippen molar-refractivity contribution >= 4 is 35.1 Å². The first-order valence-corrected chi connectivity index (χ1v) is 9.03. The van der Waals surface area contributed by atoms with E-state index in [1.807, 2.05) is 0 Å². The van der Waals surface area contributed by atoms with Gasteiger partial charge in [-0.05, 0) is 19.3 Å². The maximum absolute atomic E-state index is 11.5. The van der Waals surface area contributed by atoms with Crippen molar-refractivity contribution in [3.63, 3.8) is 0 Å². The standard InChI is InChI=1S/C16H28Cl2O4/c1-2-3-4-5-6-9-12-21-15(19)10-7-8-11-16(20)22-13-14(17)18/h14H,2-13H2,1H3. The molecule has 0 amide bonds. The van der Waals surface area contributed by atoms with Crippen molar-refractivity contribution in [3.8, 4) is 0 Å². The summed E-state index contributed by atoms with van der Waals surface area (Å²) in [6.45, 7) is 2.69. The summed E-state index contributed by atoms with van der Waals surface area (Å²) in [6.07, 6.45) is 8.85. The van der Waals surface area contributed by atoms with Crippen LogP contribution < -0.4 is 0 Å². The van der Waals surface area contributed by atoms with Crippen LogP contribution >= 0.6 is 23.2 Å². The fourth-order valence-electron chi connectivity index (χ4n) is 1.91. The van der Waals surface area contributed by atoms with E-state index in [1.54, 1.807) is 0 Å². The smallest absolute Gasteiger partial charge is 0.305 e. The van der Waals surface area contributed by atoms with Crippen molar-refractivity contribution < 1.29 is 19.1 Å². The number of hydrogen-bond acceptors (Lipinski definition) is 4. The van der Waals surface area contributed by atoms with Gasteiger partial charge in [0.25, 0.3) is 0 Å². The molecule has 4 nitrogen and oxygen atoms in total. The van der Waals surface area contributed by atoms with Crippen LogP contribution in [0.15, 0.2) is 0 Å². The third kappa shape index (κ3) is 15.9. The lowest BCUT2D eigenvalue weighted by Crippen LogP contribution is -2.10.